The van der Waals surface area contributed by atoms with Crippen LogP contribution in [0, 0.1) is 6.92 Å². The molecule has 0 aliphatic heterocycles. The maximum atomic E-state index is 12.0. The SMILES string of the molecule is CC(=O)Nc1c(-c2ccccc2)nc(-c2ccco2)c(C)c1-c1ccccc1. The van der Waals surface area contributed by atoms with Crippen molar-refractivity contribution in [2.24, 2.45) is 0 Å². The minimum absolute atomic E-state index is 0.138. The molecule has 0 radical (unpaired) electrons. The number of hydrogen-bond acceptors (Lipinski definition) is 3. The van der Waals surface area contributed by atoms with E-state index in [1.165, 1.54) is 6.92 Å². The van der Waals surface area contributed by atoms with Gasteiger partial charge in [-0.3, -0.25) is 4.79 Å². The Morgan fingerprint density at radius 3 is 2.07 bits per heavy atom. The zero-order valence-electron chi connectivity index (χ0n) is 15.8. The fourth-order valence-electron chi connectivity index (χ4n) is 3.40. The molecule has 0 unspecified atom stereocenters. The Bertz CT molecular complexity index is 1100. The van der Waals surface area contributed by atoms with E-state index in [-0.39, 0.29) is 5.91 Å². The first-order chi connectivity index (χ1) is 13.6. The van der Waals surface area contributed by atoms with Crippen molar-refractivity contribution in [3.8, 4) is 33.8 Å². The second-order valence-electron chi connectivity index (χ2n) is 6.57. The molecule has 0 aliphatic carbocycles. The van der Waals surface area contributed by atoms with Crippen LogP contribution in [0.2, 0.25) is 0 Å². The Morgan fingerprint density at radius 1 is 0.857 bits per heavy atom. The number of carbonyl (C=O) groups is 1. The van der Waals surface area contributed by atoms with Crippen LogP contribution in [0.15, 0.2) is 83.5 Å². The number of benzene rings is 2. The Labute approximate surface area is 163 Å². The van der Waals surface area contributed by atoms with Gasteiger partial charge in [0.2, 0.25) is 5.91 Å². The van der Waals surface area contributed by atoms with Gasteiger partial charge in [-0.2, -0.15) is 0 Å². The molecule has 1 N–H and O–H groups in total. The highest BCUT2D eigenvalue weighted by Gasteiger charge is 2.22. The molecule has 2 heterocycles. The van der Waals surface area contributed by atoms with Crippen LogP contribution >= 0.6 is 0 Å². The molecule has 2 aromatic heterocycles. The Hall–Kier alpha value is -3.66. The molecule has 0 bridgehead atoms. The largest absolute Gasteiger partial charge is 0.463 e. The number of nitrogens with zero attached hydrogens (tertiary/aromatic N) is 1. The first-order valence-electron chi connectivity index (χ1n) is 9.12. The highest BCUT2D eigenvalue weighted by molar-refractivity contribution is 6.01. The van der Waals surface area contributed by atoms with Crippen LogP contribution in [0.1, 0.15) is 12.5 Å². The van der Waals surface area contributed by atoms with Crippen molar-refractivity contribution in [3.63, 3.8) is 0 Å². The van der Waals surface area contributed by atoms with Crippen molar-refractivity contribution in [1.82, 2.24) is 4.98 Å². The lowest BCUT2D eigenvalue weighted by molar-refractivity contribution is -0.114. The third-order valence-electron chi connectivity index (χ3n) is 4.61. The summed E-state index contributed by atoms with van der Waals surface area (Å²) in [5, 5.41) is 3.02. The lowest BCUT2D eigenvalue weighted by atomic mass is 9.93. The number of hydrogen-bond donors (Lipinski definition) is 1. The number of aromatic nitrogens is 1. The van der Waals surface area contributed by atoms with Gasteiger partial charge in [0.05, 0.1) is 17.6 Å². The summed E-state index contributed by atoms with van der Waals surface area (Å²) in [7, 11) is 0. The van der Waals surface area contributed by atoms with Crippen molar-refractivity contribution < 1.29 is 9.21 Å². The van der Waals surface area contributed by atoms with Gasteiger partial charge in [0, 0.05) is 18.1 Å². The molecule has 1 amide bonds. The van der Waals surface area contributed by atoms with Crippen LogP contribution in [-0.2, 0) is 4.79 Å². The summed E-state index contributed by atoms with van der Waals surface area (Å²) in [5.74, 6) is 0.558. The molecule has 2 aromatic carbocycles. The van der Waals surface area contributed by atoms with Crippen LogP contribution < -0.4 is 5.32 Å². The number of anilines is 1. The molecule has 4 rings (SSSR count). The highest BCUT2D eigenvalue weighted by atomic mass is 16.3. The molecular weight excluding hydrogens is 348 g/mol. The predicted octanol–water partition coefficient (Wildman–Crippen LogP) is 5.94. The van der Waals surface area contributed by atoms with Crippen molar-refractivity contribution in [1.29, 1.82) is 0 Å². The fourth-order valence-corrected chi connectivity index (χ4v) is 3.40. The monoisotopic (exact) mass is 368 g/mol. The van der Waals surface area contributed by atoms with Gasteiger partial charge in [-0.1, -0.05) is 60.7 Å². The average Bonchev–Trinajstić information content (AvgIpc) is 3.24. The van der Waals surface area contributed by atoms with E-state index >= 15 is 0 Å². The van der Waals surface area contributed by atoms with Crippen LogP contribution in [0.3, 0.4) is 0 Å². The van der Waals surface area contributed by atoms with Gasteiger partial charge in [-0.15, -0.1) is 0 Å². The van der Waals surface area contributed by atoms with E-state index in [0.717, 1.165) is 27.9 Å². The molecule has 0 fully saturated rings. The average molecular weight is 368 g/mol. The number of rotatable bonds is 4. The van der Waals surface area contributed by atoms with Crippen LogP contribution in [0.4, 0.5) is 5.69 Å². The second-order valence-corrected chi connectivity index (χ2v) is 6.57. The van der Waals surface area contributed by atoms with E-state index < -0.39 is 0 Å². The van der Waals surface area contributed by atoms with E-state index in [0.29, 0.717) is 17.1 Å². The topological polar surface area (TPSA) is 55.1 Å². The summed E-state index contributed by atoms with van der Waals surface area (Å²) in [6.45, 7) is 3.52. The lowest BCUT2D eigenvalue weighted by Gasteiger charge is -2.20. The van der Waals surface area contributed by atoms with Crippen molar-refractivity contribution >= 4 is 11.6 Å². The molecule has 138 valence electrons. The number of carbonyl (C=O) groups excluding carboxylic acids is 1. The van der Waals surface area contributed by atoms with E-state index in [1.807, 2.05) is 79.7 Å². The van der Waals surface area contributed by atoms with Gasteiger partial charge in [0.15, 0.2) is 5.76 Å². The van der Waals surface area contributed by atoms with Crippen LogP contribution in [0.5, 0.6) is 0 Å². The highest BCUT2D eigenvalue weighted by Crippen LogP contribution is 2.42. The van der Waals surface area contributed by atoms with E-state index in [2.05, 4.69) is 5.32 Å². The number of pyridine rings is 1. The summed E-state index contributed by atoms with van der Waals surface area (Å²) in [6, 6.07) is 23.6. The minimum Gasteiger partial charge on any atom is -0.463 e. The van der Waals surface area contributed by atoms with E-state index in [4.69, 9.17) is 9.40 Å². The zero-order valence-corrected chi connectivity index (χ0v) is 15.8. The minimum atomic E-state index is -0.138. The number of furan rings is 1. The maximum absolute atomic E-state index is 12.0. The molecular formula is C24H20N2O2. The summed E-state index contributed by atoms with van der Waals surface area (Å²) in [5.41, 5.74) is 6.01. The number of nitrogens with one attached hydrogen (secondary N) is 1. The van der Waals surface area contributed by atoms with Crippen molar-refractivity contribution in [3.05, 3.63) is 84.6 Å². The third kappa shape index (κ3) is 3.32. The van der Waals surface area contributed by atoms with Gasteiger partial charge < -0.3 is 9.73 Å². The smallest absolute Gasteiger partial charge is 0.221 e. The van der Waals surface area contributed by atoms with E-state index in [9.17, 15) is 4.79 Å². The zero-order chi connectivity index (χ0) is 19.5. The summed E-state index contributed by atoms with van der Waals surface area (Å²) in [4.78, 5) is 17.0. The van der Waals surface area contributed by atoms with E-state index in [1.54, 1.807) is 6.26 Å². The molecule has 0 aliphatic rings. The van der Waals surface area contributed by atoms with Crippen molar-refractivity contribution in [2.75, 3.05) is 5.32 Å². The molecule has 4 heteroatoms. The van der Waals surface area contributed by atoms with Gasteiger partial charge >= 0.3 is 0 Å². The molecule has 0 saturated carbocycles. The second kappa shape index (κ2) is 7.53. The molecule has 0 saturated heterocycles. The van der Waals surface area contributed by atoms with Crippen LogP contribution in [-0.4, -0.2) is 10.9 Å². The Kier molecular flexibility index (Phi) is 4.77. The third-order valence-corrected chi connectivity index (χ3v) is 4.61. The fraction of sp³-hybridized carbons (Fsp3) is 0.0833. The Balaban J connectivity index is 2.10. The van der Waals surface area contributed by atoms with Crippen molar-refractivity contribution in [2.45, 2.75) is 13.8 Å². The molecule has 4 nitrogen and oxygen atoms in total. The first-order valence-corrected chi connectivity index (χ1v) is 9.12. The maximum Gasteiger partial charge on any atom is 0.221 e. The van der Waals surface area contributed by atoms with Gasteiger partial charge in [-0.05, 0) is 30.2 Å². The molecule has 0 spiro atoms. The first kappa shape index (κ1) is 17.7. The summed E-state index contributed by atoms with van der Waals surface area (Å²) < 4.78 is 5.65. The van der Waals surface area contributed by atoms with Crippen LogP contribution in [0.25, 0.3) is 33.8 Å². The normalized spacial score (nSPS) is 10.6. The standard InChI is InChI=1S/C24H20N2O2/c1-16-21(18-10-5-3-6-11-18)24(25-17(2)27)23(19-12-7-4-8-13-19)26-22(16)20-14-9-15-28-20/h3-15H,1-2H3,(H,25,27). The quantitative estimate of drug-likeness (QED) is 0.485. The Morgan fingerprint density at radius 2 is 1.50 bits per heavy atom. The predicted molar refractivity (Wildman–Crippen MR) is 112 cm³/mol. The molecule has 0 atom stereocenters. The summed E-state index contributed by atoms with van der Waals surface area (Å²) in [6.07, 6.45) is 1.64. The van der Waals surface area contributed by atoms with Gasteiger partial charge in [-0.25, -0.2) is 4.98 Å². The molecule has 28 heavy (non-hydrogen) atoms. The molecule has 4 aromatic rings. The lowest BCUT2D eigenvalue weighted by Crippen LogP contribution is -2.11. The number of amides is 1. The summed E-state index contributed by atoms with van der Waals surface area (Å²) >= 11 is 0. The van der Waals surface area contributed by atoms with Gasteiger partial charge in [0.1, 0.15) is 5.69 Å². The van der Waals surface area contributed by atoms with Gasteiger partial charge in [0.25, 0.3) is 0 Å².